The number of benzene rings is 2. The van der Waals surface area contributed by atoms with Crippen LogP contribution in [0.25, 0.3) is 11.1 Å². The Hall–Kier alpha value is -2.96. The minimum atomic E-state index is -0.164. The van der Waals surface area contributed by atoms with E-state index in [0.717, 1.165) is 42.6 Å². The average Bonchev–Trinajstić information content (AvgIpc) is 3.29. The van der Waals surface area contributed by atoms with Gasteiger partial charge in [-0.25, -0.2) is 0 Å². The van der Waals surface area contributed by atoms with Crippen LogP contribution >= 0.6 is 11.6 Å². The number of carbonyl (C=O) groups excluding carboxylic acids is 1. The van der Waals surface area contributed by atoms with Gasteiger partial charge >= 0.3 is 0 Å². The number of hydrogen-bond acceptors (Lipinski definition) is 5. The maximum absolute atomic E-state index is 13.0. The Balaban J connectivity index is 1.48. The lowest BCUT2D eigenvalue weighted by Gasteiger charge is -2.24. The minimum absolute atomic E-state index is 0.0760. The van der Waals surface area contributed by atoms with Gasteiger partial charge in [0.05, 0.1) is 25.5 Å². The van der Waals surface area contributed by atoms with Crippen LogP contribution in [0.15, 0.2) is 59.2 Å². The van der Waals surface area contributed by atoms with Gasteiger partial charge in [-0.3, -0.25) is 4.79 Å². The van der Waals surface area contributed by atoms with Crippen molar-refractivity contribution in [3.63, 3.8) is 0 Å². The molecule has 1 amide bonds. The summed E-state index contributed by atoms with van der Waals surface area (Å²) in [6.07, 6.45) is 4.81. The Morgan fingerprint density at radius 3 is 2.82 bits per heavy atom. The molecule has 0 saturated carbocycles. The highest BCUT2D eigenvalue weighted by molar-refractivity contribution is 6.30. The zero-order chi connectivity index (χ0) is 22.6. The van der Waals surface area contributed by atoms with Crippen LogP contribution in [0.5, 0.6) is 11.5 Å². The zero-order valence-electron chi connectivity index (χ0n) is 18.3. The highest BCUT2D eigenvalue weighted by Crippen LogP contribution is 2.39. The number of furan rings is 1. The number of halogens is 1. The topological polar surface area (TPSA) is 61.1 Å². The van der Waals surface area contributed by atoms with Crippen molar-refractivity contribution in [2.24, 2.45) is 0 Å². The monoisotopic (exact) mass is 467 g/mol. The summed E-state index contributed by atoms with van der Waals surface area (Å²) in [5, 5.41) is 0.659. The number of ether oxygens (including phenoxy) is 3. The molecule has 3 heterocycles. The van der Waals surface area contributed by atoms with E-state index in [1.54, 1.807) is 17.0 Å². The van der Waals surface area contributed by atoms with Crippen molar-refractivity contribution >= 4 is 17.5 Å². The standard InChI is InChI=1S/C26H26ClNO5/c27-21-6-3-5-18(14-21)19-13-20-16-28(26(29)23-8-4-11-31-23)9-12-32-25(20)24(15-19)33-17-22-7-1-2-10-30-22/h3-6,8,11,13-15,22H,1-2,7,9-10,12,16-17H2/t22-/m0/s1. The number of carbonyl (C=O) groups is 1. The van der Waals surface area contributed by atoms with Crippen molar-refractivity contribution in [3.8, 4) is 22.6 Å². The van der Waals surface area contributed by atoms with Crippen LogP contribution in [0.2, 0.25) is 5.02 Å². The molecule has 2 aromatic carbocycles. The van der Waals surface area contributed by atoms with Crippen molar-refractivity contribution < 1.29 is 23.4 Å². The summed E-state index contributed by atoms with van der Waals surface area (Å²) in [6.45, 7) is 2.44. The van der Waals surface area contributed by atoms with E-state index in [0.29, 0.717) is 48.6 Å². The summed E-state index contributed by atoms with van der Waals surface area (Å²) in [5.41, 5.74) is 2.80. The predicted octanol–water partition coefficient (Wildman–Crippen LogP) is 5.58. The van der Waals surface area contributed by atoms with E-state index in [2.05, 4.69) is 0 Å². The Kier molecular flexibility index (Phi) is 6.55. The van der Waals surface area contributed by atoms with E-state index in [4.69, 9.17) is 30.2 Å². The quantitative estimate of drug-likeness (QED) is 0.490. The number of rotatable bonds is 5. The van der Waals surface area contributed by atoms with Gasteiger partial charge in [-0.1, -0.05) is 23.7 Å². The van der Waals surface area contributed by atoms with Gasteiger partial charge < -0.3 is 23.5 Å². The molecule has 6 nitrogen and oxygen atoms in total. The minimum Gasteiger partial charge on any atom is -0.487 e. The fraction of sp³-hybridized carbons (Fsp3) is 0.346. The SMILES string of the molecule is O=C(c1ccco1)N1CCOc2c(cc(-c3cccc(Cl)c3)cc2OC[C@@H]2CCCCO2)C1. The van der Waals surface area contributed by atoms with Crippen molar-refractivity contribution in [2.45, 2.75) is 31.9 Å². The molecule has 0 bridgehead atoms. The second-order valence-corrected chi connectivity index (χ2v) is 8.76. The number of hydrogen-bond donors (Lipinski definition) is 0. The Morgan fingerprint density at radius 2 is 2.03 bits per heavy atom. The van der Waals surface area contributed by atoms with Crippen molar-refractivity contribution in [2.75, 3.05) is 26.4 Å². The van der Waals surface area contributed by atoms with Crippen molar-refractivity contribution in [1.29, 1.82) is 0 Å². The van der Waals surface area contributed by atoms with Gasteiger partial charge in [0, 0.05) is 17.2 Å². The fourth-order valence-electron chi connectivity index (χ4n) is 4.28. The molecule has 3 aromatic rings. The van der Waals surface area contributed by atoms with Crippen LogP contribution in [-0.4, -0.2) is 43.3 Å². The van der Waals surface area contributed by atoms with Gasteiger partial charge in [-0.15, -0.1) is 0 Å². The van der Waals surface area contributed by atoms with Crippen LogP contribution in [0.3, 0.4) is 0 Å². The molecule has 7 heteroatoms. The molecular formula is C26H26ClNO5. The first-order chi connectivity index (χ1) is 16.2. The van der Waals surface area contributed by atoms with Gasteiger partial charge in [0.2, 0.25) is 0 Å². The molecule has 2 aliphatic rings. The molecule has 1 fully saturated rings. The first-order valence-electron chi connectivity index (χ1n) is 11.3. The summed E-state index contributed by atoms with van der Waals surface area (Å²) in [4.78, 5) is 14.7. The summed E-state index contributed by atoms with van der Waals surface area (Å²) in [6, 6.07) is 15.1. The summed E-state index contributed by atoms with van der Waals surface area (Å²) >= 11 is 6.25. The van der Waals surface area contributed by atoms with Crippen LogP contribution < -0.4 is 9.47 Å². The van der Waals surface area contributed by atoms with Crippen molar-refractivity contribution in [1.82, 2.24) is 4.90 Å². The first kappa shape index (κ1) is 21.9. The van der Waals surface area contributed by atoms with Gasteiger partial charge in [0.25, 0.3) is 5.91 Å². The molecule has 2 aliphatic heterocycles. The van der Waals surface area contributed by atoms with Crippen LogP contribution in [0, 0.1) is 0 Å². The molecule has 1 saturated heterocycles. The first-order valence-corrected chi connectivity index (χ1v) is 11.7. The molecule has 0 radical (unpaired) electrons. The lowest BCUT2D eigenvalue weighted by atomic mass is 10.0. The second kappa shape index (κ2) is 9.89. The summed E-state index contributed by atoms with van der Waals surface area (Å²) < 4.78 is 23.5. The number of fused-ring (bicyclic) bond motifs is 1. The van der Waals surface area contributed by atoms with E-state index >= 15 is 0 Å². The molecule has 0 aliphatic carbocycles. The summed E-state index contributed by atoms with van der Waals surface area (Å²) in [7, 11) is 0. The third-order valence-corrected chi connectivity index (χ3v) is 6.21. The number of nitrogens with zero attached hydrogens (tertiary/aromatic N) is 1. The molecule has 33 heavy (non-hydrogen) atoms. The average molecular weight is 468 g/mol. The maximum atomic E-state index is 13.0. The van der Waals surface area contributed by atoms with E-state index in [-0.39, 0.29) is 12.0 Å². The third kappa shape index (κ3) is 5.02. The molecule has 5 rings (SSSR count). The molecule has 0 N–H and O–H groups in total. The molecule has 172 valence electrons. The number of amides is 1. The lowest BCUT2D eigenvalue weighted by molar-refractivity contribution is -0.0115. The van der Waals surface area contributed by atoms with E-state index in [1.807, 2.05) is 36.4 Å². The maximum Gasteiger partial charge on any atom is 0.289 e. The van der Waals surface area contributed by atoms with Gasteiger partial charge in [0.1, 0.15) is 13.2 Å². The third-order valence-electron chi connectivity index (χ3n) is 5.98. The summed E-state index contributed by atoms with van der Waals surface area (Å²) in [5.74, 6) is 1.48. The highest BCUT2D eigenvalue weighted by Gasteiger charge is 2.26. The van der Waals surface area contributed by atoms with Crippen LogP contribution in [0.4, 0.5) is 0 Å². The van der Waals surface area contributed by atoms with Gasteiger partial charge in [-0.2, -0.15) is 0 Å². The largest absolute Gasteiger partial charge is 0.487 e. The molecule has 0 unspecified atom stereocenters. The zero-order valence-corrected chi connectivity index (χ0v) is 19.1. The molecule has 1 aromatic heterocycles. The van der Waals surface area contributed by atoms with Gasteiger partial charge in [0.15, 0.2) is 17.3 Å². The van der Waals surface area contributed by atoms with Crippen LogP contribution in [0.1, 0.15) is 35.4 Å². The van der Waals surface area contributed by atoms with E-state index < -0.39 is 0 Å². The van der Waals surface area contributed by atoms with Crippen molar-refractivity contribution in [3.05, 3.63) is 71.1 Å². The fourth-order valence-corrected chi connectivity index (χ4v) is 4.47. The van der Waals surface area contributed by atoms with Crippen LogP contribution in [-0.2, 0) is 11.3 Å². The van der Waals surface area contributed by atoms with E-state index in [1.165, 1.54) is 6.26 Å². The smallest absolute Gasteiger partial charge is 0.289 e. The molecular weight excluding hydrogens is 442 g/mol. The highest BCUT2D eigenvalue weighted by atomic mass is 35.5. The predicted molar refractivity (Wildman–Crippen MR) is 125 cm³/mol. The lowest BCUT2D eigenvalue weighted by Crippen LogP contribution is -2.32. The Morgan fingerprint density at radius 1 is 1.09 bits per heavy atom. The normalized spacial score (nSPS) is 18.2. The molecule has 1 atom stereocenters. The van der Waals surface area contributed by atoms with E-state index in [9.17, 15) is 4.79 Å². The Bertz CT molecular complexity index is 1110. The van der Waals surface area contributed by atoms with Gasteiger partial charge in [-0.05, 0) is 66.8 Å². The second-order valence-electron chi connectivity index (χ2n) is 8.33. The molecule has 0 spiro atoms. The Labute approximate surface area is 198 Å².